The molecule has 9 nitrogen and oxygen atoms in total. The van der Waals surface area contributed by atoms with Crippen LogP contribution >= 0.6 is 0 Å². The molecule has 9 heteroatoms. The van der Waals surface area contributed by atoms with E-state index in [1.807, 2.05) is 83.4 Å². The number of rotatable bonds is 8. The number of benzene rings is 3. The third-order valence-corrected chi connectivity index (χ3v) is 7.27. The summed E-state index contributed by atoms with van der Waals surface area (Å²) >= 11 is 0. The van der Waals surface area contributed by atoms with Crippen LogP contribution < -0.4 is 5.73 Å². The smallest absolute Gasteiger partial charge is 0.227 e. The zero-order valence-electron chi connectivity index (χ0n) is 23.4. The van der Waals surface area contributed by atoms with Gasteiger partial charge in [0.25, 0.3) is 0 Å². The minimum Gasteiger partial charge on any atom is -0.507 e. The van der Waals surface area contributed by atoms with E-state index in [1.165, 1.54) is 12.1 Å². The number of phenols is 1. The fourth-order valence-corrected chi connectivity index (χ4v) is 4.98. The summed E-state index contributed by atoms with van der Waals surface area (Å²) in [4.78, 5) is 39.7. The number of aldehydes is 1. The van der Waals surface area contributed by atoms with Crippen LogP contribution in [-0.4, -0.2) is 48.8 Å². The number of imidazole rings is 1. The quantitative estimate of drug-likeness (QED) is 0.234. The summed E-state index contributed by atoms with van der Waals surface area (Å²) in [7, 11) is 1.73. The molecule has 0 aliphatic carbocycles. The Bertz CT molecular complexity index is 1950. The molecule has 3 heterocycles. The molecular formula is C34H28N6O3. The molecule has 0 aliphatic rings. The summed E-state index contributed by atoms with van der Waals surface area (Å²) in [6.07, 6.45) is 2.33. The van der Waals surface area contributed by atoms with Crippen molar-refractivity contribution >= 4 is 29.2 Å². The van der Waals surface area contributed by atoms with Crippen LogP contribution in [0.5, 0.6) is 5.75 Å². The minimum atomic E-state index is -0.136. The van der Waals surface area contributed by atoms with Crippen LogP contribution in [0.1, 0.15) is 21.5 Å². The molecule has 3 aromatic carbocycles. The number of nitrogens with two attached hydrogens (primary N) is 1. The summed E-state index contributed by atoms with van der Waals surface area (Å²) in [6.45, 7) is 0.390. The molecule has 6 rings (SSSR count). The van der Waals surface area contributed by atoms with Crippen LogP contribution in [0.2, 0.25) is 0 Å². The number of hydrogen-bond acceptors (Lipinski definition) is 7. The molecule has 0 radical (unpaired) electrons. The number of fused-ring (bicyclic) bond motifs is 1. The van der Waals surface area contributed by atoms with Crippen molar-refractivity contribution in [2.45, 2.75) is 13.0 Å². The third-order valence-electron chi connectivity index (χ3n) is 7.27. The Kier molecular flexibility index (Phi) is 7.36. The maximum atomic E-state index is 12.9. The average Bonchev–Trinajstić information content (AvgIpc) is 3.40. The monoisotopic (exact) mass is 568 g/mol. The van der Waals surface area contributed by atoms with Gasteiger partial charge in [0.05, 0.1) is 23.2 Å². The van der Waals surface area contributed by atoms with Crippen molar-refractivity contribution in [2.24, 2.45) is 0 Å². The van der Waals surface area contributed by atoms with Crippen molar-refractivity contribution in [3.05, 3.63) is 120 Å². The molecule has 0 fully saturated rings. The van der Waals surface area contributed by atoms with Crippen LogP contribution in [0.3, 0.4) is 0 Å². The lowest BCUT2D eigenvalue weighted by Gasteiger charge is -2.18. The molecule has 6 aromatic rings. The highest BCUT2D eigenvalue weighted by Gasteiger charge is 2.19. The molecule has 212 valence electrons. The van der Waals surface area contributed by atoms with Crippen molar-refractivity contribution in [3.63, 3.8) is 0 Å². The summed E-state index contributed by atoms with van der Waals surface area (Å²) in [5.41, 5.74) is 12.8. The first-order valence-corrected chi connectivity index (χ1v) is 13.7. The Hall–Kier alpha value is -5.83. The van der Waals surface area contributed by atoms with E-state index in [-0.39, 0.29) is 23.6 Å². The van der Waals surface area contributed by atoms with Gasteiger partial charge in [0, 0.05) is 31.0 Å². The van der Waals surface area contributed by atoms with E-state index in [9.17, 15) is 14.7 Å². The summed E-state index contributed by atoms with van der Waals surface area (Å²) in [6, 6.07) is 30.1. The maximum Gasteiger partial charge on any atom is 0.227 e. The van der Waals surface area contributed by atoms with Gasteiger partial charge in [-0.25, -0.2) is 15.0 Å². The standard InChI is InChI=1S/C34H28N6O3/c1-39(31(43)19-23-9-12-25(21-41)30(42)18-23)20-22-10-13-26(14-11-22)40-33(27-8-5-17-36-32(27)35)38-29-16-15-28(37-34(29)40)24-6-3-2-4-7-24/h2-18,21,42H,19-20H2,1H3,(H2,35,36). The van der Waals surface area contributed by atoms with Crippen LogP contribution in [0, 0.1) is 0 Å². The Morgan fingerprint density at radius 3 is 2.42 bits per heavy atom. The van der Waals surface area contributed by atoms with Gasteiger partial charge < -0.3 is 15.7 Å². The van der Waals surface area contributed by atoms with Gasteiger partial charge in [-0.2, -0.15) is 0 Å². The van der Waals surface area contributed by atoms with Crippen molar-refractivity contribution < 1.29 is 14.7 Å². The molecule has 0 atom stereocenters. The lowest BCUT2D eigenvalue weighted by molar-refractivity contribution is -0.129. The molecule has 0 saturated heterocycles. The Morgan fingerprint density at radius 2 is 1.70 bits per heavy atom. The first-order chi connectivity index (χ1) is 20.9. The van der Waals surface area contributed by atoms with E-state index < -0.39 is 0 Å². The number of pyridine rings is 2. The van der Waals surface area contributed by atoms with Gasteiger partial charge in [-0.1, -0.05) is 48.5 Å². The second kappa shape index (κ2) is 11.6. The minimum absolute atomic E-state index is 0.105. The molecular weight excluding hydrogens is 540 g/mol. The van der Waals surface area contributed by atoms with Gasteiger partial charge in [0.1, 0.15) is 17.1 Å². The van der Waals surface area contributed by atoms with Crippen molar-refractivity contribution in [3.8, 4) is 34.1 Å². The number of aromatic hydroxyl groups is 1. The number of carbonyl (C=O) groups excluding carboxylic acids is 2. The molecule has 0 unspecified atom stereocenters. The van der Waals surface area contributed by atoms with Gasteiger partial charge in [0.15, 0.2) is 17.8 Å². The lowest BCUT2D eigenvalue weighted by Crippen LogP contribution is -2.27. The number of aromatic nitrogens is 4. The van der Waals surface area contributed by atoms with Gasteiger partial charge in [-0.15, -0.1) is 0 Å². The molecule has 0 saturated carbocycles. The van der Waals surface area contributed by atoms with E-state index in [1.54, 1.807) is 24.2 Å². The molecule has 0 aliphatic heterocycles. The topological polar surface area (TPSA) is 127 Å². The van der Waals surface area contributed by atoms with Crippen LogP contribution in [-0.2, 0) is 17.8 Å². The van der Waals surface area contributed by atoms with Crippen LogP contribution in [0.25, 0.3) is 39.5 Å². The number of phenolic OH excluding ortho intramolecular Hbond substituents is 1. The van der Waals surface area contributed by atoms with Crippen molar-refractivity contribution in [1.29, 1.82) is 0 Å². The van der Waals surface area contributed by atoms with E-state index in [4.69, 9.17) is 15.7 Å². The van der Waals surface area contributed by atoms with Crippen molar-refractivity contribution in [2.75, 3.05) is 12.8 Å². The van der Waals surface area contributed by atoms with E-state index >= 15 is 0 Å². The number of carbonyl (C=O) groups is 2. The first kappa shape index (κ1) is 27.3. The fraction of sp³-hybridized carbons (Fsp3) is 0.0882. The predicted octanol–water partition coefficient (Wildman–Crippen LogP) is 5.45. The lowest BCUT2D eigenvalue weighted by atomic mass is 10.1. The largest absolute Gasteiger partial charge is 0.507 e. The van der Waals surface area contributed by atoms with E-state index in [0.29, 0.717) is 41.2 Å². The van der Waals surface area contributed by atoms with Crippen LogP contribution in [0.4, 0.5) is 5.82 Å². The van der Waals surface area contributed by atoms with Gasteiger partial charge in [-0.3, -0.25) is 14.2 Å². The highest BCUT2D eigenvalue weighted by molar-refractivity contribution is 5.85. The summed E-state index contributed by atoms with van der Waals surface area (Å²) in [5, 5.41) is 9.95. The number of hydrogen-bond donors (Lipinski definition) is 2. The third kappa shape index (κ3) is 5.56. The molecule has 3 N–H and O–H groups in total. The van der Waals surface area contributed by atoms with Gasteiger partial charge in [-0.05, 0) is 59.7 Å². The van der Waals surface area contributed by atoms with Crippen molar-refractivity contribution in [1.82, 2.24) is 24.4 Å². The summed E-state index contributed by atoms with van der Waals surface area (Å²) < 4.78 is 1.98. The Morgan fingerprint density at radius 1 is 0.930 bits per heavy atom. The number of nitrogens with zero attached hydrogens (tertiary/aromatic N) is 5. The molecule has 0 spiro atoms. The predicted molar refractivity (Wildman–Crippen MR) is 166 cm³/mol. The zero-order chi connectivity index (χ0) is 29.9. The number of likely N-dealkylation sites (N-methyl/N-ethyl adjacent to an activating group) is 1. The first-order valence-electron chi connectivity index (χ1n) is 13.7. The Balaban J connectivity index is 1.31. The number of nitrogen functional groups attached to an aromatic ring is 1. The molecule has 1 amide bonds. The van der Waals surface area contributed by atoms with E-state index in [0.717, 1.165) is 28.0 Å². The molecule has 3 aromatic heterocycles. The second-order valence-electron chi connectivity index (χ2n) is 10.2. The second-order valence-corrected chi connectivity index (χ2v) is 10.2. The normalized spacial score (nSPS) is 11.0. The van der Waals surface area contributed by atoms with Gasteiger partial charge in [0.2, 0.25) is 5.91 Å². The van der Waals surface area contributed by atoms with Crippen LogP contribution in [0.15, 0.2) is 103 Å². The molecule has 0 bridgehead atoms. The van der Waals surface area contributed by atoms with Gasteiger partial charge >= 0.3 is 0 Å². The highest BCUT2D eigenvalue weighted by Crippen LogP contribution is 2.32. The summed E-state index contributed by atoms with van der Waals surface area (Å²) in [5.74, 6) is 0.744. The molecule has 43 heavy (non-hydrogen) atoms. The van der Waals surface area contributed by atoms with E-state index in [2.05, 4.69) is 4.98 Å². The average molecular weight is 569 g/mol. The SMILES string of the molecule is CN(Cc1ccc(-n2c(-c3cccnc3N)nc3ccc(-c4ccccc4)nc32)cc1)C(=O)Cc1ccc(C=O)c(O)c1. The maximum absolute atomic E-state index is 12.9. The fourth-order valence-electron chi connectivity index (χ4n) is 4.98. The highest BCUT2D eigenvalue weighted by atomic mass is 16.3. The Labute approximate surface area is 247 Å². The number of anilines is 1. The zero-order valence-corrected chi connectivity index (χ0v) is 23.4. The number of amides is 1.